The fourth-order valence-electron chi connectivity index (χ4n) is 3.22. The lowest BCUT2D eigenvalue weighted by atomic mass is 9.97. The average molecular weight is 413 g/mol. The summed E-state index contributed by atoms with van der Waals surface area (Å²) < 4.78 is 10.7. The minimum Gasteiger partial charge on any atom is -0.466 e. The van der Waals surface area contributed by atoms with Crippen LogP contribution < -0.4 is 5.32 Å². The van der Waals surface area contributed by atoms with Gasteiger partial charge in [0.2, 0.25) is 0 Å². The lowest BCUT2D eigenvalue weighted by Gasteiger charge is -2.09. The Kier molecular flexibility index (Phi) is 6.49. The second kappa shape index (κ2) is 9.05. The zero-order valence-electron chi connectivity index (χ0n) is 17.0. The van der Waals surface area contributed by atoms with Crippen LogP contribution >= 0.6 is 11.3 Å². The van der Waals surface area contributed by atoms with Crippen molar-refractivity contribution in [2.45, 2.75) is 40.5 Å². The van der Waals surface area contributed by atoms with E-state index in [9.17, 15) is 9.59 Å². The molecule has 29 heavy (non-hydrogen) atoms. The molecule has 1 aromatic carbocycles. The minimum absolute atomic E-state index is 0.0837. The van der Waals surface area contributed by atoms with Crippen molar-refractivity contribution >= 4 is 28.3 Å². The van der Waals surface area contributed by atoms with Gasteiger partial charge in [0.15, 0.2) is 10.9 Å². The maximum Gasteiger partial charge on any atom is 0.311 e. The molecule has 1 amide bonds. The highest BCUT2D eigenvalue weighted by Gasteiger charge is 2.16. The van der Waals surface area contributed by atoms with Crippen LogP contribution in [0.4, 0.5) is 5.13 Å². The van der Waals surface area contributed by atoms with Crippen molar-refractivity contribution in [1.29, 1.82) is 0 Å². The number of anilines is 1. The lowest BCUT2D eigenvalue weighted by molar-refractivity contribution is -0.142. The number of aromatic nitrogens is 1. The van der Waals surface area contributed by atoms with Gasteiger partial charge in [-0.05, 0) is 56.5 Å². The summed E-state index contributed by atoms with van der Waals surface area (Å²) in [4.78, 5) is 28.2. The van der Waals surface area contributed by atoms with Gasteiger partial charge in [-0.2, -0.15) is 0 Å². The summed E-state index contributed by atoms with van der Waals surface area (Å²) in [5, 5.41) is 4.85. The number of hydrogen-bond acceptors (Lipinski definition) is 6. The molecule has 2 aromatic heterocycles. The van der Waals surface area contributed by atoms with E-state index in [1.165, 1.54) is 33.6 Å². The Morgan fingerprint density at radius 1 is 1.17 bits per heavy atom. The van der Waals surface area contributed by atoms with E-state index >= 15 is 0 Å². The monoisotopic (exact) mass is 412 g/mol. The SMILES string of the molecule is CCOC(=O)Cc1csc(NC(=O)c2ccc(Cc3c(C)cc(C)cc3C)o2)n1. The fraction of sp³-hybridized carbons (Fsp3) is 0.318. The van der Waals surface area contributed by atoms with Crippen molar-refractivity contribution in [1.82, 2.24) is 4.98 Å². The van der Waals surface area contributed by atoms with E-state index in [1.807, 2.05) is 6.07 Å². The Balaban J connectivity index is 1.64. The van der Waals surface area contributed by atoms with Gasteiger partial charge in [-0.15, -0.1) is 11.3 Å². The number of amides is 1. The summed E-state index contributed by atoms with van der Waals surface area (Å²) in [7, 11) is 0. The van der Waals surface area contributed by atoms with Crippen LogP contribution in [0.3, 0.4) is 0 Å². The largest absolute Gasteiger partial charge is 0.466 e. The number of ether oxygens (including phenoxy) is 1. The molecule has 0 saturated heterocycles. The summed E-state index contributed by atoms with van der Waals surface area (Å²) in [5.41, 5.74) is 5.42. The molecular weight excluding hydrogens is 388 g/mol. The second-order valence-corrected chi connectivity index (χ2v) is 7.76. The first-order valence-electron chi connectivity index (χ1n) is 9.42. The van der Waals surface area contributed by atoms with E-state index in [0.29, 0.717) is 23.9 Å². The third-order valence-corrected chi connectivity index (χ3v) is 5.29. The first kappa shape index (κ1) is 20.8. The molecule has 2 heterocycles. The molecule has 0 fully saturated rings. The number of aryl methyl sites for hydroxylation is 3. The molecule has 0 radical (unpaired) electrons. The number of benzene rings is 1. The number of furan rings is 1. The molecule has 0 aliphatic heterocycles. The van der Waals surface area contributed by atoms with E-state index in [4.69, 9.17) is 9.15 Å². The number of hydrogen-bond donors (Lipinski definition) is 1. The molecule has 0 atom stereocenters. The number of carbonyl (C=O) groups is 2. The van der Waals surface area contributed by atoms with Crippen molar-refractivity contribution in [3.8, 4) is 0 Å². The predicted molar refractivity (Wildman–Crippen MR) is 113 cm³/mol. The summed E-state index contributed by atoms with van der Waals surface area (Å²) >= 11 is 1.25. The number of rotatable bonds is 7. The summed E-state index contributed by atoms with van der Waals surface area (Å²) in [6.07, 6.45) is 0.715. The molecule has 1 N–H and O–H groups in total. The Labute approximate surface area is 173 Å². The number of thiazole rings is 1. The fourth-order valence-corrected chi connectivity index (χ4v) is 3.93. The van der Waals surface area contributed by atoms with Gasteiger partial charge in [0.05, 0.1) is 18.7 Å². The van der Waals surface area contributed by atoms with Crippen LogP contribution in [0.5, 0.6) is 0 Å². The molecule has 0 spiro atoms. The van der Waals surface area contributed by atoms with Crippen LogP contribution in [0, 0.1) is 20.8 Å². The molecule has 3 aromatic rings. The van der Waals surface area contributed by atoms with E-state index < -0.39 is 0 Å². The van der Waals surface area contributed by atoms with Gasteiger partial charge in [-0.25, -0.2) is 4.98 Å². The predicted octanol–water partition coefficient (Wildman–Crippen LogP) is 4.61. The molecule has 0 saturated carbocycles. The first-order chi connectivity index (χ1) is 13.9. The van der Waals surface area contributed by atoms with Crippen molar-refractivity contribution in [3.05, 3.63) is 69.1 Å². The molecule has 0 unspecified atom stereocenters. The van der Waals surface area contributed by atoms with Crippen molar-refractivity contribution in [3.63, 3.8) is 0 Å². The second-order valence-electron chi connectivity index (χ2n) is 6.90. The van der Waals surface area contributed by atoms with Gasteiger partial charge < -0.3 is 9.15 Å². The first-order valence-corrected chi connectivity index (χ1v) is 10.3. The van der Waals surface area contributed by atoms with Crippen LogP contribution in [-0.2, 0) is 22.4 Å². The van der Waals surface area contributed by atoms with E-state index in [2.05, 4.69) is 43.2 Å². The van der Waals surface area contributed by atoms with E-state index in [1.54, 1.807) is 18.4 Å². The Morgan fingerprint density at radius 3 is 2.59 bits per heavy atom. The highest BCUT2D eigenvalue weighted by atomic mass is 32.1. The molecule has 0 aliphatic carbocycles. The van der Waals surface area contributed by atoms with Gasteiger partial charge in [0.25, 0.3) is 5.91 Å². The van der Waals surface area contributed by atoms with Crippen LogP contribution in [-0.4, -0.2) is 23.5 Å². The summed E-state index contributed by atoms with van der Waals surface area (Å²) in [6, 6.07) is 7.78. The van der Waals surface area contributed by atoms with Gasteiger partial charge in [-0.3, -0.25) is 14.9 Å². The molecular formula is C22H24N2O4S. The van der Waals surface area contributed by atoms with Crippen molar-refractivity contribution in [2.24, 2.45) is 0 Å². The van der Waals surface area contributed by atoms with Gasteiger partial charge >= 0.3 is 5.97 Å². The average Bonchev–Trinajstić information content (AvgIpc) is 3.28. The van der Waals surface area contributed by atoms with Gasteiger partial charge in [0, 0.05) is 11.8 Å². The quantitative estimate of drug-likeness (QED) is 0.573. The Hall–Kier alpha value is -2.93. The molecule has 0 aliphatic rings. The lowest BCUT2D eigenvalue weighted by Crippen LogP contribution is -2.11. The van der Waals surface area contributed by atoms with E-state index in [0.717, 1.165) is 5.76 Å². The van der Waals surface area contributed by atoms with Crippen LogP contribution in [0.1, 0.15) is 51.2 Å². The maximum atomic E-state index is 12.5. The number of carbonyl (C=O) groups excluding carboxylic acids is 2. The standard InChI is InChI=1S/C22H24N2O4S/c1-5-27-20(25)10-16-12-29-22(23-16)24-21(26)19-7-6-17(28-19)11-18-14(3)8-13(2)9-15(18)4/h6-9,12H,5,10-11H2,1-4H3,(H,23,24,26). The smallest absolute Gasteiger partial charge is 0.311 e. The molecule has 0 bridgehead atoms. The topological polar surface area (TPSA) is 81.4 Å². The molecule has 152 valence electrons. The van der Waals surface area contributed by atoms with E-state index in [-0.39, 0.29) is 24.1 Å². The molecule has 3 rings (SSSR count). The molecule has 6 nitrogen and oxygen atoms in total. The highest BCUT2D eigenvalue weighted by molar-refractivity contribution is 7.14. The normalized spacial score (nSPS) is 10.8. The zero-order chi connectivity index (χ0) is 21.0. The highest BCUT2D eigenvalue weighted by Crippen LogP contribution is 2.22. The van der Waals surface area contributed by atoms with Crippen molar-refractivity contribution in [2.75, 3.05) is 11.9 Å². The van der Waals surface area contributed by atoms with Gasteiger partial charge in [-0.1, -0.05) is 17.7 Å². The van der Waals surface area contributed by atoms with Crippen LogP contribution in [0.15, 0.2) is 34.1 Å². The summed E-state index contributed by atoms with van der Waals surface area (Å²) in [5.74, 6) is 0.246. The Morgan fingerprint density at radius 2 is 1.90 bits per heavy atom. The maximum absolute atomic E-state index is 12.5. The number of nitrogens with zero attached hydrogens (tertiary/aromatic N) is 1. The zero-order valence-corrected chi connectivity index (χ0v) is 17.8. The third-order valence-electron chi connectivity index (χ3n) is 4.48. The minimum atomic E-state index is -0.370. The van der Waals surface area contributed by atoms with Crippen LogP contribution in [0.2, 0.25) is 0 Å². The van der Waals surface area contributed by atoms with Crippen molar-refractivity contribution < 1.29 is 18.7 Å². The number of esters is 1. The number of nitrogens with one attached hydrogen (secondary N) is 1. The summed E-state index contributed by atoms with van der Waals surface area (Å²) in [6.45, 7) is 8.33. The van der Waals surface area contributed by atoms with Crippen LogP contribution in [0.25, 0.3) is 0 Å². The third kappa shape index (κ3) is 5.32. The van der Waals surface area contributed by atoms with Gasteiger partial charge in [0.1, 0.15) is 5.76 Å². The Bertz CT molecular complexity index is 1010. The molecule has 7 heteroatoms.